The number of nitrogens with zero attached hydrogens (tertiary/aromatic N) is 2. The van der Waals surface area contributed by atoms with Gasteiger partial charge in [-0.1, -0.05) is 0 Å². The number of aromatic amines is 1. The van der Waals surface area contributed by atoms with E-state index in [1.54, 1.807) is 6.92 Å². The Bertz CT molecular complexity index is 622. The molecule has 0 radical (unpaired) electrons. The molecule has 0 aliphatic heterocycles. The molecule has 0 fully saturated rings. The van der Waals surface area contributed by atoms with Crippen LogP contribution in [0, 0.1) is 20.8 Å². The number of aromatic nitrogens is 3. The van der Waals surface area contributed by atoms with Crippen LogP contribution in [0.5, 0.6) is 0 Å². The van der Waals surface area contributed by atoms with Crippen LogP contribution in [0.25, 0.3) is 0 Å². The smallest absolute Gasteiger partial charge is 0.280 e. The third kappa shape index (κ3) is 2.47. The molecule has 0 saturated carbocycles. The van der Waals surface area contributed by atoms with Gasteiger partial charge in [0.25, 0.3) is 10.0 Å². The van der Waals surface area contributed by atoms with Gasteiger partial charge in [0.15, 0.2) is 10.2 Å². The molecule has 2 rings (SSSR count). The predicted molar refractivity (Wildman–Crippen MR) is 65.7 cm³/mol. The van der Waals surface area contributed by atoms with Gasteiger partial charge in [0.2, 0.25) is 0 Å². The number of hydrogen-bond donors (Lipinski definition) is 2. The van der Waals surface area contributed by atoms with E-state index in [4.69, 9.17) is 0 Å². The largest absolute Gasteiger partial charge is 0.332 e. The maximum Gasteiger partial charge on any atom is 0.280 e. The van der Waals surface area contributed by atoms with E-state index in [2.05, 4.69) is 19.7 Å². The summed E-state index contributed by atoms with van der Waals surface area (Å²) in [6, 6.07) is 0. The summed E-state index contributed by atoms with van der Waals surface area (Å²) in [6.45, 7) is 5.42. The molecule has 0 bridgehead atoms. The number of anilines is 1. The van der Waals surface area contributed by atoms with Crippen molar-refractivity contribution in [3.63, 3.8) is 0 Å². The highest BCUT2D eigenvalue weighted by Crippen LogP contribution is 2.23. The number of H-pyrrole nitrogens is 1. The predicted octanol–water partition coefficient (Wildman–Crippen LogP) is 1.59. The summed E-state index contributed by atoms with van der Waals surface area (Å²) in [6.07, 6.45) is 1.28. The van der Waals surface area contributed by atoms with E-state index >= 15 is 0 Å². The Morgan fingerprint density at radius 2 is 2.06 bits per heavy atom. The van der Waals surface area contributed by atoms with Crippen molar-refractivity contribution in [2.45, 2.75) is 25.8 Å². The van der Waals surface area contributed by atoms with Crippen molar-refractivity contribution in [2.75, 3.05) is 4.72 Å². The van der Waals surface area contributed by atoms with E-state index in [1.807, 2.05) is 13.8 Å². The molecule has 8 heteroatoms. The fourth-order valence-corrected chi connectivity index (χ4v) is 3.24. The highest BCUT2D eigenvalue weighted by atomic mass is 32.2. The van der Waals surface area contributed by atoms with Crippen molar-refractivity contribution >= 4 is 26.5 Å². The molecule has 0 amide bonds. The third-order valence-corrected chi connectivity index (χ3v) is 4.59. The van der Waals surface area contributed by atoms with Gasteiger partial charge in [-0.15, -0.1) is 11.3 Å². The van der Waals surface area contributed by atoms with Gasteiger partial charge in [-0.3, -0.25) is 4.72 Å². The number of rotatable bonds is 3. The second-order valence-electron chi connectivity index (χ2n) is 3.60. The molecular weight excluding hydrogens is 260 g/mol. The number of thiazole rings is 1. The Morgan fingerprint density at radius 3 is 2.53 bits per heavy atom. The first kappa shape index (κ1) is 12.1. The quantitative estimate of drug-likeness (QED) is 0.888. The first-order valence-corrected chi connectivity index (χ1v) is 7.17. The molecule has 2 aromatic heterocycles. The summed E-state index contributed by atoms with van der Waals surface area (Å²) in [5.41, 5.74) is 0.827. The van der Waals surface area contributed by atoms with Crippen LogP contribution >= 0.6 is 11.3 Å². The zero-order valence-electron chi connectivity index (χ0n) is 9.60. The molecule has 92 valence electrons. The highest BCUT2D eigenvalue weighted by Gasteiger charge is 2.18. The lowest BCUT2D eigenvalue weighted by molar-refractivity contribution is 0.598. The minimum absolute atomic E-state index is 0.0421. The minimum atomic E-state index is -3.62. The zero-order chi connectivity index (χ0) is 12.6. The van der Waals surface area contributed by atoms with E-state index in [1.165, 1.54) is 17.5 Å². The van der Waals surface area contributed by atoms with Crippen LogP contribution in [-0.2, 0) is 10.0 Å². The molecule has 0 saturated heterocycles. The summed E-state index contributed by atoms with van der Waals surface area (Å²) < 4.78 is 26.3. The monoisotopic (exact) mass is 272 g/mol. The van der Waals surface area contributed by atoms with Crippen LogP contribution in [0.15, 0.2) is 11.2 Å². The number of nitrogens with one attached hydrogen (secondary N) is 2. The van der Waals surface area contributed by atoms with Crippen LogP contribution < -0.4 is 4.72 Å². The molecule has 2 heterocycles. The summed E-state index contributed by atoms with van der Waals surface area (Å²) in [4.78, 5) is 11.6. The van der Waals surface area contributed by atoms with Gasteiger partial charge in [0.05, 0.1) is 11.9 Å². The van der Waals surface area contributed by atoms with E-state index < -0.39 is 10.0 Å². The Hall–Kier alpha value is -1.41. The van der Waals surface area contributed by atoms with Crippen molar-refractivity contribution in [1.82, 2.24) is 15.0 Å². The third-order valence-electron chi connectivity index (χ3n) is 2.22. The zero-order valence-corrected chi connectivity index (χ0v) is 11.2. The topological polar surface area (TPSA) is 87.7 Å². The second-order valence-corrected chi connectivity index (χ2v) is 6.45. The molecule has 17 heavy (non-hydrogen) atoms. The van der Waals surface area contributed by atoms with E-state index in [9.17, 15) is 8.42 Å². The Labute approximate surface area is 103 Å². The summed E-state index contributed by atoms with van der Waals surface area (Å²) in [5, 5.41) is 0.410. The fraction of sp³-hybridized carbons (Fsp3) is 0.333. The van der Waals surface area contributed by atoms with Crippen molar-refractivity contribution < 1.29 is 8.42 Å². The molecule has 0 aromatic carbocycles. The molecule has 6 nitrogen and oxygen atoms in total. The number of sulfonamides is 1. The fourth-order valence-electron chi connectivity index (χ4n) is 1.22. The lowest BCUT2D eigenvalue weighted by atomic mass is 10.4. The van der Waals surface area contributed by atoms with Gasteiger partial charge < -0.3 is 4.98 Å². The first-order chi connectivity index (χ1) is 7.88. The Morgan fingerprint density at radius 1 is 1.35 bits per heavy atom. The normalized spacial score (nSPS) is 11.7. The summed E-state index contributed by atoms with van der Waals surface area (Å²) in [7, 11) is -3.62. The summed E-state index contributed by atoms with van der Waals surface area (Å²) >= 11 is 1.31. The molecular formula is C9H12N4O2S2. The Kier molecular flexibility index (Phi) is 2.92. The van der Waals surface area contributed by atoms with E-state index in [0.717, 1.165) is 10.6 Å². The van der Waals surface area contributed by atoms with Gasteiger partial charge in [-0.05, 0) is 20.8 Å². The molecule has 2 N–H and O–H groups in total. The van der Waals surface area contributed by atoms with Crippen LogP contribution in [-0.4, -0.2) is 23.4 Å². The number of aryl methyl sites for hydroxylation is 3. The van der Waals surface area contributed by atoms with Crippen LogP contribution in [0.3, 0.4) is 0 Å². The van der Waals surface area contributed by atoms with Gasteiger partial charge in [0.1, 0.15) is 5.82 Å². The van der Waals surface area contributed by atoms with Crippen molar-refractivity contribution in [3.05, 3.63) is 22.6 Å². The molecule has 0 aliphatic rings. The van der Waals surface area contributed by atoms with Gasteiger partial charge in [-0.2, -0.15) is 8.42 Å². The van der Waals surface area contributed by atoms with E-state index in [-0.39, 0.29) is 5.03 Å². The maximum atomic E-state index is 11.9. The highest BCUT2D eigenvalue weighted by molar-refractivity contribution is 7.92. The molecule has 2 aromatic rings. The van der Waals surface area contributed by atoms with Crippen molar-refractivity contribution in [1.29, 1.82) is 0 Å². The minimum Gasteiger partial charge on any atom is -0.332 e. The van der Waals surface area contributed by atoms with E-state index in [0.29, 0.717) is 11.0 Å². The SMILES string of the molecule is Cc1ncc(S(=O)(=O)Nc2nc(C)c(C)s2)[nH]1. The molecule has 0 aliphatic carbocycles. The van der Waals surface area contributed by atoms with Gasteiger partial charge >= 0.3 is 0 Å². The van der Waals surface area contributed by atoms with Crippen molar-refractivity contribution in [3.8, 4) is 0 Å². The van der Waals surface area contributed by atoms with Crippen LogP contribution in [0.1, 0.15) is 16.4 Å². The van der Waals surface area contributed by atoms with Crippen LogP contribution in [0.4, 0.5) is 5.13 Å². The standard InChI is InChI=1S/C9H12N4O2S2/c1-5-6(2)16-9(11-5)13-17(14,15)8-4-10-7(3)12-8/h4H,1-3H3,(H,10,12)(H,11,13). The Balaban J connectivity index is 2.29. The average Bonchev–Trinajstić information content (AvgIpc) is 2.75. The van der Waals surface area contributed by atoms with Gasteiger partial charge in [0, 0.05) is 4.88 Å². The maximum absolute atomic E-state index is 11.9. The molecule has 0 atom stereocenters. The summed E-state index contributed by atoms with van der Waals surface area (Å²) in [5.74, 6) is 0.553. The average molecular weight is 272 g/mol. The first-order valence-electron chi connectivity index (χ1n) is 4.87. The second kappa shape index (κ2) is 4.11. The lowest BCUT2D eigenvalue weighted by Gasteiger charge is -2.01. The van der Waals surface area contributed by atoms with Crippen molar-refractivity contribution in [2.24, 2.45) is 0 Å². The molecule has 0 spiro atoms. The molecule has 0 unspecified atom stereocenters. The number of imidazole rings is 1. The number of hydrogen-bond acceptors (Lipinski definition) is 5. The van der Waals surface area contributed by atoms with Gasteiger partial charge in [-0.25, -0.2) is 9.97 Å². The lowest BCUT2D eigenvalue weighted by Crippen LogP contribution is -2.13. The van der Waals surface area contributed by atoms with Crippen LogP contribution in [0.2, 0.25) is 0 Å².